The van der Waals surface area contributed by atoms with Gasteiger partial charge in [-0.15, -0.1) is 0 Å². The summed E-state index contributed by atoms with van der Waals surface area (Å²) in [7, 11) is 0. The molecule has 0 radical (unpaired) electrons. The summed E-state index contributed by atoms with van der Waals surface area (Å²) in [6.07, 6.45) is 15.8. The molecule has 0 aliphatic heterocycles. The second-order valence-corrected chi connectivity index (χ2v) is 15.3. The van der Waals surface area contributed by atoms with Gasteiger partial charge in [-0.1, -0.05) is 67.0 Å². The molecule has 4 unspecified atom stereocenters. The van der Waals surface area contributed by atoms with Gasteiger partial charge in [0.25, 0.3) is 0 Å². The summed E-state index contributed by atoms with van der Waals surface area (Å²) < 4.78 is 0. The minimum absolute atomic E-state index is 0.0575. The summed E-state index contributed by atoms with van der Waals surface area (Å²) in [5, 5.41) is 10.9. The summed E-state index contributed by atoms with van der Waals surface area (Å²) in [6, 6.07) is 0. The number of aliphatic hydroxyl groups excluding tert-OH is 1. The van der Waals surface area contributed by atoms with E-state index in [0.29, 0.717) is 33.0 Å². The first-order chi connectivity index (χ1) is 14.2. The molecule has 1 heteroatoms. The summed E-state index contributed by atoms with van der Waals surface area (Å²) in [4.78, 5) is 0. The lowest BCUT2D eigenvalue weighted by Crippen LogP contribution is -2.63. The number of fused-ring (bicyclic) bond motifs is 7. The Kier molecular flexibility index (Phi) is 4.66. The van der Waals surface area contributed by atoms with Gasteiger partial charge in [0.2, 0.25) is 0 Å². The fraction of sp³-hybridized carbons (Fsp3) is 0.933. The van der Waals surface area contributed by atoms with Crippen LogP contribution in [-0.2, 0) is 0 Å². The van der Waals surface area contributed by atoms with Gasteiger partial charge in [-0.3, -0.25) is 0 Å². The van der Waals surface area contributed by atoms with Gasteiger partial charge in [0.1, 0.15) is 0 Å². The molecule has 5 rings (SSSR count). The van der Waals surface area contributed by atoms with E-state index in [0.717, 1.165) is 18.3 Å². The molecule has 0 amide bonds. The van der Waals surface area contributed by atoms with Crippen LogP contribution in [0.4, 0.5) is 0 Å². The minimum Gasteiger partial charge on any atom is -0.393 e. The van der Waals surface area contributed by atoms with Crippen molar-refractivity contribution in [2.75, 3.05) is 0 Å². The van der Waals surface area contributed by atoms with E-state index in [2.05, 4.69) is 61.5 Å². The SMILES string of the molecule is CC1(C)CC[C@]2(C)CC=C3[C@]4(C)CCC5C(C)(C)C(O)CC[C@]5(C)C4CC[C@@]3(C)C2C1. The topological polar surface area (TPSA) is 20.2 Å². The molecule has 5 aliphatic rings. The third-order valence-electron chi connectivity index (χ3n) is 12.7. The maximum atomic E-state index is 10.9. The minimum atomic E-state index is -0.122. The second-order valence-electron chi connectivity index (χ2n) is 15.3. The summed E-state index contributed by atoms with van der Waals surface area (Å²) >= 11 is 0. The molecule has 0 aromatic carbocycles. The Morgan fingerprint density at radius 2 is 1.32 bits per heavy atom. The van der Waals surface area contributed by atoms with E-state index in [-0.39, 0.29) is 11.5 Å². The number of allylic oxidation sites excluding steroid dienone is 2. The highest BCUT2D eigenvalue weighted by atomic mass is 16.3. The molecule has 176 valence electrons. The van der Waals surface area contributed by atoms with E-state index in [1.165, 1.54) is 57.8 Å². The summed E-state index contributed by atoms with van der Waals surface area (Å²) in [6.45, 7) is 20.4. The van der Waals surface area contributed by atoms with Crippen molar-refractivity contribution in [2.45, 2.75) is 126 Å². The molecule has 5 aliphatic carbocycles. The van der Waals surface area contributed by atoms with E-state index in [9.17, 15) is 5.11 Å². The van der Waals surface area contributed by atoms with Crippen molar-refractivity contribution >= 4 is 0 Å². The lowest BCUT2D eigenvalue weighted by atomic mass is 9.35. The van der Waals surface area contributed by atoms with Crippen molar-refractivity contribution in [3.63, 3.8) is 0 Å². The van der Waals surface area contributed by atoms with Crippen molar-refractivity contribution in [1.82, 2.24) is 0 Å². The predicted octanol–water partition coefficient (Wildman–Crippen LogP) is 8.17. The van der Waals surface area contributed by atoms with Crippen molar-refractivity contribution < 1.29 is 5.11 Å². The molecule has 8 atom stereocenters. The first kappa shape index (κ1) is 22.5. The Bertz CT molecular complexity index is 790. The van der Waals surface area contributed by atoms with Gasteiger partial charge in [0.05, 0.1) is 6.10 Å². The average Bonchev–Trinajstić information content (AvgIpc) is 2.66. The van der Waals surface area contributed by atoms with Gasteiger partial charge in [-0.05, 0) is 114 Å². The van der Waals surface area contributed by atoms with Crippen molar-refractivity contribution in [3.05, 3.63) is 11.6 Å². The summed E-state index contributed by atoms with van der Waals surface area (Å²) in [5.41, 5.74) is 4.07. The van der Waals surface area contributed by atoms with Crippen molar-refractivity contribution in [3.8, 4) is 0 Å². The van der Waals surface area contributed by atoms with Crippen LogP contribution < -0.4 is 0 Å². The Labute approximate surface area is 192 Å². The van der Waals surface area contributed by atoms with Gasteiger partial charge in [0.15, 0.2) is 0 Å². The van der Waals surface area contributed by atoms with Crippen LogP contribution in [0.5, 0.6) is 0 Å². The van der Waals surface area contributed by atoms with Crippen LogP contribution in [0.25, 0.3) is 0 Å². The third-order valence-corrected chi connectivity index (χ3v) is 12.7. The summed E-state index contributed by atoms with van der Waals surface area (Å²) in [5.74, 6) is 2.29. The van der Waals surface area contributed by atoms with Crippen LogP contribution >= 0.6 is 0 Å². The number of hydrogen-bond acceptors (Lipinski definition) is 1. The molecule has 1 N–H and O–H groups in total. The molecular formula is C30H50O. The number of rotatable bonds is 0. The molecule has 0 aromatic heterocycles. The molecule has 0 saturated heterocycles. The van der Waals surface area contributed by atoms with Crippen LogP contribution in [0.15, 0.2) is 11.6 Å². The Hall–Kier alpha value is -0.300. The predicted molar refractivity (Wildman–Crippen MR) is 131 cm³/mol. The van der Waals surface area contributed by atoms with Gasteiger partial charge >= 0.3 is 0 Å². The molecule has 31 heavy (non-hydrogen) atoms. The normalized spacial score (nSPS) is 55.2. The zero-order chi connectivity index (χ0) is 22.7. The zero-order valence-corrected chi connectivity index (χ0v) is 21.9. The Balaban J connectivity index is 1.56. The molecule has 4 saturated carbocycles. The van der Waals surface area contributed by atoms with Crippen LogP contribution in [-0.4, -0.2) is 11.2 Å². The van der Waals surface area contributed by atoms with Crippen molar-refractivity contribution in [2.24, 2.45) is 50.2 Å². The zero-order valence-electron chi connectivity index (χ0n) is 21.9. The largest absolute Gasteiger partial charge is 0.393 e. The second kappa shape index (κ2) is 6.43. The molecule has 0 aromatic rings. The molecule has 0 bridgehead atoms. The van der Waals surface area contributed by atoms with E-state index >= 15 is 0 Å². The highest BCUT2D eigenvalue weighted by Gasteiger charge is 2.66. The van der Waals surface area contributed by atoms with Crippen LogP contribution in [0, 0.1) is 50.2 Å². The highest BCUT2D eigenvalue weighted by Crippen LogP contribution is 2.74. The molecule has 4 fully saturated rings. The smallest absolute Gasteiger partial charge is 0.0594 e. The fourth-order valence-corrected chi connectivity index (χ4v) is 10.8. The Morgan fingerprint density at radius 3 is 2.00 bits per heavy atom. The Morgan fingerprint density at radius 1 is 0.710 bits per heavy atom. The van der Waals surface area contributed by atoms with Gasteiger partial charge in [-0.2, -0.15) is 0 Å². The van der Waals surface area contributed by atoms with E-state index in [4.69, 9.17) is 0 Å². The molecular weight excluding hydrogens is 376 g/mol. The standard InChI is InChI=1S/C30H50O/c1-25(2)17-18-27(5)13-9-21-29(7)14-10-20-26(3,4)24(31)12-16-28(20,6)22(29)11-15-30(21,8)23(27)19-25/h9,20,22-24,31H,10-19H2,1-8H3/t20?,22?,23?,24?,27-,28-,29-,30+/m0/s1. The molecule has 0 spiro atoms. The van der Waals surface area contributed by atoms with Crippen LogP contribution in [0.3, 0.4) is 0 Å². The molecule has 0 heterocycles. The monoisotopic (exact) mass is 426 g/mol. The lowest BCUT2D eigenvalue weighted by molar-refractivity contribution is -0.184. The quantitative estimate of drug-likeness (QED) is 0.387. The van der Waals surface area contributed by atoms with Gasteiger partial charge in [0, 0.05) is 0 Å². The molecule has 1 nitrogen and oxygen atoms in total. The average molecular weight is 427 g/mol. The van der Waals surface area contributed by atoms with Crippen molar-refractivity contribution in [1.29, 1.82) is 0 Å². The van der Waals surface area contributed by atoms with Gasteiger partial charge in [-0.25, -0.2) is 0 Å². The van der Waals surface area contributed by atoms with Crippen LogP contribution in [0.2, 0.25) is 0 Å². The number of hydrogen-bond donors (Lipinski definition) is 1. The van der Waals surface area contributed by atoms with E-state index in [1.807, 2.05) is 5.57 Å². The van der Waals surface area contributed by atoms with E-state index in [1.54, 1.807) is 0 Å². The highest BCUT2D eigenvalue weighted by molar-refractivity contribution is 5.34. The maximum Gasteiger partial charge on any atom is 0.0594 e. The number of aliphatic hydroxyl groups is 1. The third kappa shape index (κ3) is 2.83. The maximum absolute atomic E-state index is 10.9. The lowest BCUT2D eigenvalue weighted by Gasteiger charge is -2.70. The fourth-order valence-electron chi connectivity index (χ4n) is 10.8. The van der Waals surface area contributed by atoms with Gasteiger partial charge < -0.3 is 5.11 Å². The van der Waals surface area contributed by atoms with Crippen LogP contribution in [0.1, 0.15) is 120 Å². The first-order valence-electron chi connectivity index (χ1n) is 13.6. The van der Waals surface area contributed by atoms with E-state index < -0.39 is 0 Å². The first-order valence-corrected chi connectivity index (χ1v) is 13.6.